The molecule has 0 aliphatic rings. The first-order chi connectivity index (χ1) is 9.78. The van der Waals surface area contributed by atoms with Crippen molar-refractivity contribution in [3.8, 4) is 0 Å². The molecule has 0 radical (unpaired) electrons. The van der Waals surface area contributed by atoms with E-state index in [2.05, 4.69) is 10.2 Å². The van der Waals surface area contributed by atoms with Crippen LogP contribution in [0.25, 0.3) is 10.9 Å². The molecule has 0 spiro atoms. The SMILES string of the molecule is CCN(Cc1ccco1)C(=O)c1ccc2cn[nH]c2c1. The summed E-state index contributed by atoms with van der Waals surface area (Å²) >= 11 is 0. The number of hydrogen-bond acceptors (Lipinski definition) is 3. The lowest BCUT2D eigenvalue weighted by molar-refractivity contribution is 0.0741. The largest absolute Gasteiger partial charge is 0.467 e. The second-order valence-electron chi connectivity index (χ2n) is 4.57. The van der Waals surface area contributed by atoms with Gasteiger partial charge in [-0.1, -0.05) is 6.07 Å². The van der Waals surface area contributed by atoms with E-state index in [1.54, 1.807) is 17.4 Å². The Morgan fingerprint density at radius 1 is 1.40 bits per heavy atom. The molecule has 0 bridgehead atoms. The van der Waals surface area contributed by atoms with Crippen LogP contribution >= 0.6 is 0 Å². The molecule has 0 aliphatic carbocycles. The molecule has 0 unspecified atom stereocenters. The third-order valence-corrected chi connectivity index (χ3v) is 3.28. The van der Waals surface area contributed by atoms with Gasteiger partial charge in [0.05, 0.1) is 24.5 Å². The molecule has 5 nitrogen and oxygen atoms in total. The summed E-state index contributed by atoms with van der Waals surface area (Å²) in [6, 6.07) is 9.24. The van der Waals surface area contributed by atoms with Gasteiger partial charge in [0, 0.05) is 17.5 Å². The number of furan rings is 1. The smallest absolute Gasteiger partial charge is 0.254 e. The van der Waals surface area contributed by atoms with E-state index in [4.69, 9.17) is 4.42 Å². The van der Waals surface area contributed by atoms with Crippen LogP contribution in [0.1, 0.15) is 23.0 Å². The maximum absolute atomic E-state index is 12.5. The number of H-pyrrole nitrogens is 1. The molecule has 3 rings (SSSR count). The highest BCUT2D eigenvalue weighted by molar-refractivity contribution is 5.97. The highest BCUT2D eigenvalue weighted by Gasteiger charge is 2.16. The van der Waals surface area contributed by atoms with Gasteiger partial charge in [0.25, 0.3) is 5.91 Å². The molecule has 1 N–H and O–H groups in total. The Labute approximate surface area is 116 Å². The van der Waals surface area contributed by atoms with E-state index in [1.165, 1.54) is 0 Å². The summed E-state index contributed by atoms with van der Waals surface area (Å²) < 4.78 is 5.30. The summed E-state index contributed by atoms with van der Waals surface area (Å²) in [5.74, 6) is 0.767. The van der Waals surface area contributed by atoms with Gasteiger partial charge in [-0.25, -0.2) is 0 Å². The number of carbonyl (C=O) groups is 1. The van der Waals surface area contributed by atoms with Gasteiger partial charge in [-0.05, 0) is 31.2 Å². The molecule has 1 aromatic carbocycles. The van der Waals surface area contributed by atoms with Gasteiger partial charge in [0.2, 0.25) is 0 Å². The highest BCUT2D eigenvalue weighted by atomic mass is 16.3. The first-order valence-electron chi connectivity index (χ1n) is 6.52. The lowest BCUT2D eigenvalue weighted by Crippen LogP contribution is -2.30. The second kappa shape index (κ2) is 5.21. The van der Waals surface area contributed by atoms with Crippen LogP contribution in [0.5, 0.6) is 0 Å². The van der Waals surface area contributed by atoms with Gasteiger partial charge in [-0.3, -0.25) is 9.89 Å². The number of benzene rings is 1. The van der Waals surface area contributed by atoms with Crippen molar-refractivity contribution < 1.29 is 9.21 Å². The summed E-state index contributed by atoms with van der Waals surface area (Å²) in [5, 5.41) is 7.84. The van der Waals surface area contributed by atoms with Crippen LogP contribution in [0.15, 0.2) is 47.2 Å². The molecule has 20 heavy (non-hydrogen) atoms. The molecule has 0 saturated carbocycles. The molecule has 5 heteroatoms. The summed E-state index contributed by atoms with van der Waals surface area (Å²) in [5.41, 5.74) is 1.51. The van der Waals surface area contributed by atoms with E-state index in [0.717, 1.165) is 16.7 Å². The molecule has 0 saturated heterocycles. The van der Waals surface area contributed by atoms with E-state index in [-0.39, 0.29) is 5.91 Å². The molecular weight excluding hydrogens is 254 g/mol. The Balaban J connectivity index is 1.85. The van der Waals surface area contributed by atoms with E-state index in [9.17, 15) is 4.79 Å². The fraction of sp³-hybridized carbons (Fsp3) is 0.200. The van der Waals surface area contributed by atoms with Crippen LogP contribution in [0.4, 0.5) is 0 Å². The Morgan fingerprint density at radius 3 is 3.05 bits per heavy atom. The van der Waals surface area contributed by atoms with Gasteiger partial charge in [0.15, 0.2) is 0 Å². The van der Waals surface area contributed by atoms with Gasteiger partial charge in [-0.2, -0.15) is 5.10 Å². The fourth-order valence-corrected chi connectivity index (χ4v) is 2.17. The molecule has 2 aromatic heterocycles. The van der Waals surface area contributed by atoms with E-state index in [1.807, 2.05) is 37.3 Å². The summed E-state index contributed by atoms with van der Waals surface area (Å²) in [6.07, 6.45) is 3.36. The zero-order chi connectivity index (χ0) is 13.9. The summed E-state index contributed by atoms with van der Waals surface area (Å²) in [7, 11) is 0. The van der Waals surface area contributed by atoms with Crippen LogP contribution in [0.3, 0.4) is 0 Å². The molecule has 3 aromatic rings. The first kappa shape index (κ1) is 12.5. The highest BCUT2D eigenvalue weighted by Crippen LogP contribution is 2.16. The average molecular weight is 269 g/mol. The zero-order valence-electron chi connectivity index (χ0n) is 11.2. The number of rotatable bonds is 4. The van der Waals surface area contributed by atoms with Crippen molar-refractivity contribution in [1.29, 1.82) is 0 Å². The van der Waals surface area contributed by atoms with Crippen molar-refractivity contribution in [2.45, 2.75) is 13.5 Å². The van der Waals surface area contributed by atoms with Gasteiger partial charge < -0.3 is 9.32 Å². The predicted octanol–water partition coefficient (Wildman–Crippen LogP) is 2.82. The predicted molar refractivity (Wildman–Crippen MR) is 75.2 cm³/mol. The van der Waals surface area contributed by atoms with E-state index in [0.29, 0.717) is 18.7 Å². The van der Waals surface area contributed by atoms with Crippen LogP contribution in [-0.2, 0) is 6.54 Å². The van der Waals surface area contributed by atoms with Crippen molar-refractivity contribution in [3.63, 3.8) is 0 Å². The number of aromatic amines is 1. The molecule has 0 atom stereocenters. The van der Waals surface area contributed by atoms with Crippen molar-refractivity contribution in [1.82, 2.24) is 15.1 Å². The fourth-order valence-electron chi connectivity index (χ4n) is 2.17. The third-order valence-electron chi connectivity index (χ3n) is 3.28. The molecular formula is C15H15N3O2. The molecule has 2 heterocycles. The Bertz CT molecular complexity index is 716. The van der Waals surface area contributed by atoms with E-state index >= 15 is 0 Å². The monoisotopic (exact) mass is 269 g/mol. The normalized spacial score (nSPS) is 10.8. The molecule has 0 aliphatic heterocycles. The topological polar surface area (TPSA) is 62.1 Å². The van der Waals surface area contributed by atoms with Crippen molar-refractivity contribution in [2.75, 3.05) is 6.54 Å². The average Bonchev–Trinajstić information content (AvgIpc) is 3.14. The number of nitrogens with zero attached hydrogens (tertiary/aromatic N) is 2. The minimum Gasteiger partial charge on any atom is -0.467 e. The number of nitrogens with one attached hydrogen (secondary N) is 1. The summed E-state index contributed by atoms with van der Waals surface area (Å²) in [6.45, 7) is 3.06. The maximum Gasteiger partial charge on any atom is 0.254 e. The van der Waals surface area contributed by atoms with Crippen molar-refractivity contribution in [3.05, 3.63) is 54.1 Å². The maximum atomic E-state index is 12.5. The molecule has 1 amide bonds. The van der Waals surface area contributed by atoms with Crippen molar-refractivity contribution >= 4 is 16.8 Å². The van der Waals surface area contributed by atoms with Crippen LogP contribution in [-0.4, -0.2) is 27.5 Å². The van der Waals surface area contributed by atoms with E-state index < -0.39 is 0 Å². The zero-order valence-corrected chi connectivity index (χ0v) is 11.2. The van der Waals surface area contributed by atoms with Gasteiger partial charge in [-0.15, -0.1) is 0 Å². The minimum atomic E-state index is -0.0135. The van der Waals surface area contributed by atoms with Gasteiger partial charge in [0.1, 0.15) is 5.76 Å². The van der Waals surface area contributed by atoms with Crippen molar-refractivity contribution in [2.24, 2.45) is 0 Å². The molecule has 0 fully saturated rings. The number of fused-ring (bicyclic) bond motifs is 1. The Kier molecular flexibility index (Phi) is 3.25. The third kappa shape index (κ3) is 2.30. The molecule has 102 valence electrons. The lowest BCUT2D eigenvalue weighted by Gasteiger charge is -2.19. The van der Waals surface area contributed by atoms with Crippen LogP contribution < -0.4 is 0 Å². The number of hydrogen-bond donors (Lipinski definition) is 1. The number of aromatic nitrogens is 2. The Morgan fingerprint density at radius 2 is 2.30 bits per heavy atom. The lowest BCUT2D eigenvalue weighted by atomic mass is 10.1. The van der Waals surface area contributed by atoms with Crippen LogP contribution in [0, 0.1) is 0 Å². The Hall–Kier alpha value is -2.56. The van der Waals surface area contributed by atoms with Crippen LogP contribution in [0.2, 0.25) is 0 Å². The number of amides is 1. The second-order valence-corrected chi connectivity index (χ2v) is 4.57. The quantitative estimate of drug-likeness (QED) is 0.792. The summed E-state index contributed by atoms with van der Waals surface area (Å²) in [4.78, 5) is 14.3. The minimum absolute atomic E-state index is 0.0135. The first-order valence-corrected chi connectivity index (χ1v) is 6.52. The standard InChI is InChI=1S/C15H15N3O2/c1-2-18(10-13-4-3-7-20-13)15(19)11-5-6-12-9-16-17-14(12)8-11/h3-9H,2,10H2,1H3,(H,16,17). The van der Waals surface area contributed by atoms with Gasteiger partial charge >= 0.3 is 0 Å². The number of carbonyl (C=O) groups excluding carboxylic acids is 1.